The fraction of sp³-hybridized carbons (Fsp3) is 1.00. The molecule has 0 aliphatic carbocycles. The van der Waals surface area contributed by atoms with Gasteiger partial charge in [0.1, 0.15) is 48.8 Å². The summed E-state index contributed by atoms with van der Waals surface area (Å²) >= 11 is 0. The van der Waals surface area contributed by atoms with Gasteiger partial charge in [-0.25, -0.2) is 4.57 Å². The predicted octanol–water partition coefficient (Wildman–Crippen LogP) is -5.28. The second kappa shape index (κ2) is 9.02. The maximum Gasteiger partial charge on any atom is 0.469 e. The first-order valence-electron chi connectivity index (χ1n) is 7.82. The van der Waals surface area contributed by atoms with Gasteiger partial charge < -0.3 is 59.7 Å². The summed E-state index contributed by atoms with van der Waals surface area (Å²) in [6.45, 7) is -1.59. The van der Waals surface area contributed by atoms with E-state index in [2.05, 4.69) is 4.52 Å². The average molecular weight is 422 g/mol. The lowest BCUT2D eigenvalue weighted by atomic mass is 9.97. The van der Waals surface area contributed by atoms with Gasteiger partial charge in [-0.2, -0.15) is 0 Å². The number of phosphoric acid groups is 1. The molecule has 0 aromatic heterocycles. The minimum Gasteiger partial charge on any atom is -0.394 e. The van der Waals surface area contributed by atoms with Crippen molar-refractivity contribution in [2.45, 2.75) is 61.4 Å². The lowest BCUT2D eigenvalue weighted by Crippen LogP contribution is -2.64. The Morgan fingerprint density at radius 3 is 1.96 bits per heavy atom. The van der Waals surface area contributed by atoms with E-state index < -0.39 is 82.4 Å². The number of aliphatic hydroxyl groups excluding tert-OH is 7. The third kappa shape index (κ3) is 5.41. The summed E-state index contributed by atoms with van der Waals surface area (Å²) < 4.78 is 30.1. The van der Waals surface area contributed by atoms with E-state index in [-0.39, 0.29) is 0 Å². The molecule has 0 aromatic rings. The third-order valence-electron chi connectivity index (χ3n) is 4.21. The molecule has 0 aromatic carbocycles. The van der Waals surface area contributed by atoms with E-state index in [0.717, 1.165) is 0 Å². The molecule has 0 radical (unpaired) electrons. The van der Waals surface area contributed by atoms with Crippen molar-refractivity contribution >= 4 is 7.82 Å². The number of hydrogen-bond donors (Lipinski definition) is 9. The highest BCUT2D eigenvalue weighted by atomic mass is 31.2. The predicted molar refractivity (Wildman–Crippen MR) is 79.5 cm³/mol. The Bertz CT molecular complexity index is 528. The summed E-state index contributed by atoms with van der Waals surface area (Å²) in [6, 6.07) is 0. The monoisotopic (exact) mass is 422 g/mol. The van der Waals surface area contributed by atoms with E-state index >= 15 is 0 Å². The van der Waals surface area contributed by atoms with E-state index in [4.69, 9.17) is 29.1 Å². The van der Waals surface area contributed by atoms with Crippen molar-refractivity contribution in [3.63, 3.8) is 0 Å². The summed E-state index contributed by atoms with van der Waals surface area (Å²) in [5.41, 5.74) is 0. The van der Waals surface area contributed by atoms with Gasteiger partial charge >= 0.3 is 7.82 Å². The van der Waals surface area contributed by atoms with Crippen molar-refractivity contribution in [3.8, 4) is 0 Å². The quantitative estimate of drug-likeness (QED) is 0.182. The van der Waals surface area contributed by atoms with Crippen LogP contribution in [0.25, 0.3) is 0 Å². The number of phosphoric ester groups is 1. The van der Waals surface area contributed by atoms with Crippen LogP contribution in [0, 0.1) is 0 Å². The number of aliphatic hydroxyl groups is 7. The average Bonchev–Trinajstić information content (AvgIpc) is 2.59. The van der Waals surface area contributed by atoms with Gasteiger partial charge in [0.05, 0.1) is 13.2 Å². The van der Waals surface area contributed by atoms with Gasteiger partial charge in [-0.1, -0.05) is 0 Å². The molecule has 2 saturated heterocycles. The second-order valence-electron chi connectivity index (χ2n) is 6.13. The zero-order chi connectivity index (χ0) is 20.5. The fourth-order valence-electron chi connectivity index (χ4n) is 2.71. The van der Waals surface area contributed by atoms with Crippen LogP contribution in [0.4, 0.5) is 0 Å². The Labute approximate surface area is 152 Å². The molecular weight excluding hydrogens is 399 g/mol. The zero-order valence-corrected chi connectivity index (χ0v) is 14.6. The summed E-state index contributed by atoms with van der Waals surface area (Å²) in [5, 5.41) is 68.4. The van der Waals surface area contributed by atoms with Crippen molar-refractivity contribution in [2.24, 2.45) is 0 Å². The van der Waals surface area contributed by atoms with E-state index in [1.165, 1.54) is 0 Å². The smallest absolute Gasteiger partial charge is 0.394 e. The maximum atomic E-state index is 10.8. The summed E-state index contributed by atoms with van der Waals surface area (Å²) in [5.74, 6) is 0. The van der Waals surface area contributed by atoms with Gasteiger partial charge in [-0.15, -0.1) is 0 Å². The van der Waals surface area contributed by atoms with Crippen LogP contribution in [0.5, 0.6) is 0 Å². The van der Waals surface area contributed by atoms with Crippen LogP contribution < -0.4 is 0 Å². The minimum atomic E-state index is -4.92. The van der Waals surface area contributed by atoms with Crippen LogP contribution in [0.2, 0.25) is 0 Å². The van der Waals surface area contributed by atoms with Gasteiger partial charge in [0.25, 0.3) is 0 Å². The van der Waals surface area contributed by atoms with Gasteiger partial charge in [0, 0.05) is 0 Å². The second-order valence-corrected chi connectivity index (χ2v) is 7.37. The van der Waals surface area contributed by atoms with E-state index in [0.29, 0.717) is 0 Å². The normalized spacial score (nSPS) is 46.4. The third-order valence-corrected chi connectivity index (χ3v) is 4.69. The molecule has 14 nitrogen and oxygen atoms in total. The summed E-state index contributed by atoms with van der Waals surface area (Å²) in [6.07, 6.45) is -17.2. The Morgan fingerprint density at radius 1 is 0.815 bits per heavy atom. The summed E-state index contributed by atoms with van der Waals surface area (Å²) in [4.78, 5) is 17.4. The molecule has 0 amide bonds. The van der Waals surface area contributed by atoms with Crippen molar-refractivity contribution in [3.05, 3.63) is 0 Å². The van der Waals surface area contributed by atoms with Gasteiger partial charge in [-0.05, 0) is 0 Å². The van der Waals surface area contributed by atoms with E-state index in [1.807, 2.05) is 0 Å². The molecule has 0 saturated carbocycles. The fourth-order valence-corrected chi connectivity index (χ4v) is 3.05. The van der Waals surface area contributed by atoms with E-state index in [1.54, 1.807) is 0 Å². The van der Waals surface area contributed by atoms with Crippen LogP contribution in [-0.2, 0) is 23.3 Å². The van der Waals surface area contributed by atoms with Crippen LogP contribution >= 0.6 is 7.82 Å². The first-order valence-corrected chi connectivity index (χ1v) is 9.35. The molecule has 1 unspecified atom stereocenters. The highest BCUT2D eigenvalue weighted by Gasteiger charge is 2.50. The molecule has 27 heavy (non-hydrogen) atoms. The van der Waals surface area contributed by atoms with Crippen molar-refractivity contribution in [2.75, 3.05) is 13.2 Å². The Morgan fingerprint density at radius 2 is 1.41 bits per heavy atom. The topological polar surface area (TPSA) is 236 Å². The standard InChI is InChI=1S/C12H23O14P/c13-1-3-5(14)8(17)10(11(19)24-3)26-12-9(18)7(16)6(15)4(25-12)2-23-27(20,21)22/h3-19H,1-2H2,(H2,20,21,22)/t3-,4-,5-,6+,7+,8+,9-,10-,11?,12-/m1/s1. The zero-order valence-electron chi connectivity index (χ0n) is 13.7. The molecule has 2 aliphatic rings. The van der Waals surface area contributed by atoms with Crippen molar-refractivity contribution in [1.82, 2.24) is 0 Å². The Balaban J connectivity index is 2.08. The molecule has 2 rings (SSSR count). The number of hydrogen-bond acceptors (Lipinski definition) is 12. The number of ether oxygens (including phenoxy) is 3. The molecular formula is C12H23O14P. The van der Waals surface area contributed by atoms with E-state index in [9.17, 15) is 35.2 Å². The lowest BCUT2D eigenvalue weighted by Gasteiger charge is -2.45. The molecule has 160 valence electrons. The largest absolute Gasteiger partial charge is 0.469 e. The van der Waals surface area contributed by atoms with Crippen LogP contribution in [-0.4, -0.2) is 120 Å². The molecule has 2 heterocycles. The highest BCUT2D eigenvalue weighted by molar-refractivity contribution is 7.46. The Hall–Kier alpha value is -0.290. The first-order chi connectivity index (χ1) is 12.5. The molecule has 2 aliphatic heterocycles. The van der Waals surface area contributed by atoms with Gasteiger partial charge in [-0.3, -0.25) is 4.52 Å². The van der Waals surface area contributed by atoms with Crippen LogP contribution in [0.15, 0.2) is 0 Å². The number of rotatable bonds is 6. The lowest BCUT2D eigenvalue weighted by molar-refractivity contribution is -0.361. The summed E-state index contributed by atoms with van der Waals surface area (Å²) in [7, 11) is -4.92. The molecule has 2 fully saturated rings. The molecule has 10 atom stereocenters. The molecule has 9 N–H and O–H groups in total. The SMILES string of the molecule is O=P(O)(O)OC[C@H]1O[C@H](O[C@H]2C(O)O[C@H](CO)[C@@H](O)[C@@H]2O)[C@H](O)[C@@H](O)[C@H]1O. The van der Waals surface area contributed by atoms with Gasteiger partial charge in [0.15, 0.2) is 12.6 Å². The minimum absolute atomic E-state index is 0.711. The van der Waals surface area contributed by atoms with Crippen molar-refractivity contribution in [1.29, 1.82) is 0 Å². The highest BCUT2D eigenvalue weighted by Crippen LogP contribution is 2.37. The molecule has 0 bridgehead atoms. The van der Waals surface area contributed by atoms with Crippen molar-refractivity contribution < 1.29 is 68.8 Å². The van der Waals surface area contributed by atoms with Crippen LogP contribution in [0.3, 0.4) is 0 Å². The van der Waals surface area contributed by atoms with Gasteiger partial charge in [0.2, 0.25) is 0 Å². The van der Waals surface area contributed by atoms with Crippen LogP contribution in [0.1, 0.15) is 0 Å². The molecule has 0 spiro atoms. The molecule has 15 heteroatoms. The first kappa shape index (κ1) is 23.0. The Kier molecular flexibility index (Phi) is 7.68. The maximum absolute atomic E-state index is 10.8.